The largest absolute Gasteiger partial charge is 0.502 e. The van der Waals surface area contributed by atoms with E-state index in [0.717, 1.165) is 33.2 Å². The molecule has 35 heavy (non-hydrogen) atoms. The average Bonchev–Trinajstić information content (AvgIpc) is 2.85. The number of anilines is 1. The number of phenolic OH excluding ortho intramolecular Hbond substituents is 1. The van der Waals surface area contributed by atoms with Crippen molar-refractivity contribution in [2.24, 2.45) is 0 Å². The molecule has 4 rings (SSSR count). The summed E-state index contributed by atoms with van der Waals surface area (Å²) in [5.74, 6) is 0.0349. The third-order valence-electron chi connectivity index (χ3n) is 5.81. The summed E-state index contributed by atoms with van der Waals surface area (Å²) >= 11 is 6.56. The van der Waals surface area contributed by atoms with Crippen LogP contribution in [0.4, 0.5) is 5.69 Å². The van der Waals surface area contributed by atoms with Gasteiger partial charge in [0.15, 0.2) is 11.5 Å². The molecular weight excluding hydrogens is 464 g/mol. The van der Waals surface area contributed by atoms with Crippen LogP contribution in [0.2, 0.25) is 5.02 Å². The van der Waals surface area contributed by atoms with Crippen molar-refractivity contribution in [3.05, 3.63) is 82.5 Å². The number of aromatic hydroxyl groups is 1. The Morgan fingerprint density at radius 1 is 1.03 bits per heavy atom. The van der Waals surface area contributed by atoms with Crippen LogP contribution in [0.15, 0.2) is 60.8 Å². The predicted molar refractivity (Wildman–Crippen MR) is 141 cm³/mol. The molecule has 4 aromatic rings. The van der Waals surface area contributed by atoms with E-state index in [1.807, 2.05) is 44.2 Å². The van der Waals surface area contributed by atoms with Crippen molar-refractivity contribution in [1.82, 2.24) is 4.98 Å². The molecule has 1 heterocycles. The first-order valence-corrected chi connectivity index (χ1v) is 11.3. The van der Waals surface area contributed by atoms with Gasteiger partial charge < -0.3 is 19.9 Å². The maximum Gasteiger partial charge on any atom is 0.248 e. The molecule has 0 aliphatic carbocycles. The summed E-state index contributed by atoms with van der Waals surface area (Å²) in [6.45, 7) is 4.08. The molecule has 1 aromatic heterocycles. The number of halogens is 1. The number of pyridine rings is 1. The van der Waals surface area contributed by atoms with Crippen LogP contribution in [0.3, 0.4) is 0 Å². The summed E-state index contributed by atoms with van der Waals surface area (Å²) < 4.78 is 10.4. The molecule has 7 heteroatoms. The highest BCUT2D eigenvalue weighted by molar-refractivity contribution is 6.34. The van der Waals surface area contributed by atoms with Crippen LogP contribution in [-0.2, 0) is 4.79 Å². The molecule has 0 spiro atoms. The summed E-state index contributed by atoms with van der Waals surface area (Å²) in [4.78, 5) is 17.5. The maximum absolute atomic E-state index is 12.9. The standard InChI is InChI=1S/C28H25ClN2O4/c1-16-11-20-22(12-17(16)2)30-15-23(27(20)19-7-5-6-8-21(19)29)31-26(32)10-9-18-13-24(34-3)28(33)25(14-18)35-4/h5-15,33H,1-4H3,(H,31,32)/b10-9+. The van der Waals surface area contributed by atoms with Gasteiger partial charge in [-0.25, -0.2) is 0 Å². The Morgan fingerprint density at radius 2 is 1.69 bits per heavy atom. The number of carbonyl (C=O) groups excluding carboxylic acids is 1. The molecule has 6 nitrogen and oxygen atoms in total. The molecule has 0 atom stereocenters. The minimum Gasteiger partial charge on any atom is -0.502 e. The maximum atomic E-state index is 12.9. The van der Waals surface area contributed by atoms with E-state index in [-0.39, 0.29) is 23.2 Å². The highest BCUT2D eigenvalue weighted by Crippen LogP contribution is 2.39. The monoisotopic (exact) mass is 488 g/mol. The number of amides is 1. The third-order valence-corrected chi connectivity index (χ3v) is 6.14. The SMILES string of the molecule is COc1cc(/C=C/C(=O)Nc2cnc3cc(C)c(C)cc3c2-c2ccccc2Cl)cc(OC)c1O. The van der Waals surface area contributed by atoms with Crippen LogP contribution in [0, 0.1) is 13.8 Å². The van der Waals surface area contributed by atoms with E-state index in [1.54, 1.807) is 24.4 Å². The van der Waals surface area contributed by atoms with Gasteiger partial charge in [0.2, 0.25) is 11.7 Å². The van der Waals surface area contributed by atoms with Crippen molar-refractivity contribution in [2.45, 2.75) is 13.8 Å². The van der Waals surface area contributed by atoms with Crippen molar-refractivity contribution in [3.8, 4) is 28.4 Å². The summed E-state index contributed by atoms with van der Waals surface area (Å²) in [5, 5.41) is 14.5. The Bertz CT molecular complexity index is 1440. The number of ether oxygens (including phenoxy) is 2. The highest BCUT2D eigenvalue weighted by Gasteiger charge is 2.16. The minimum atomic E-state index is -0.353. The van der Waals surface area contributed by atoms with Crippen molar-refractivity contribution in [2.75, 3.05) is 19.5 Å². The van der Waals surface area contributed by atoms with Crippen molar-refractivity contribution >= 4 is 40.2 Å². The minimum absolute atomic E-state index is 0.103. The van der Waals surface area contributed by atoms with E-state index in [0.29, 0.717) is 16.3 Å². The van der Waals surface area contributed by atoms with Gasteiger partial charge >= 0.3 is 0 Å². The lowest BCUT2D eigenvalue weighted by Gasteiger charge is -2.16. The van der Waals surface area contributed by atoms with Gasteiger partial charge in [-0.1, -0.05) is 29.8 Å². The molecule has 0 saturated heterocycles. The fourth-order valence-corrected chi connectivity index (χ4v) is 4.09. The van der Waals surface area contributed by atoms with Gasteiger partial charge in [0.05, 0.1) is 31.6 Å². The Balaban J connectivity index is 1.74. The summed E-state index contributed by atoms with van der Waals surface area (Å²) in [6.07, 6.45) is 4.65. The molecule has 0 aliphatic heterocycles. The normalized spacial score (nSPS) is 11.1. The number of rotatable bonds is 6. The molecule has 178 valence electrons. The summed E-state index contributed by atoms with van der Waals surface area (Å²) in [7, 11) is 2.89. The van der Waals surface area contributed by atoms with Crippen molar-refractivity contribution in [1.29, 1.82) is 0 Å². The number of methoxy groups -OCH3 is 2. The van der Waals surface area contributed by atoms with Gasteiger partial charge in [0, 0.05) is 27.6 Å². The molecule has 0 saturated carbocycles. The Morgan fingerprint density at radius 3 is 2.34 bits per heavy atom. The van der Waals surface area contributed by atoms with E-state index in [4.69, 9.17) is 21.1 Å². The number of nitrogens with zero attached hydrogens (tertiary/aromatic N) is 1. The van der Waals surface area contributed by atoms with Crippen molar-refractivity contribution in [3.63, 3.8) is 0 Å². The Hall–Kier alpha value is -4.03. The lowest BCUT2D eigenvalue weighted by molar-refractivity contribution is -0.111. The van der Waals surface area contributed by atoms with Crippen LogP contribution >= 0.6 is 11.6 Å². The topological polar surface area (TPSA) is 80.7 Å². The van der Waals surface area contributed by atoms with Gasteiger partial charge in [0.1, 0.15) is 0 Å². The number of hydrogen-bond donors (Lipinski definition) is 2. The van der Waals surface area contributed by atoms with Gasteiger partial charge in [-0.15, -0.1) is 0 Å². The second-order valence-corrected chi connectivity index (χ2v) is 8.48. The summed E-state index contributed by atoms with van der Waals surface area (Å²) in [5.41, 5.74) is 5.85. The smallest absolute Gasteiger partial charge is 0.248 e. The molecule has 0 fully saturated rings. The quantitative estimate of drug-likeness (QED) is 0.301. The zero-order chi connectivity index (χ0) is 25.1. The van der Waals surface area contributed by atoms with Crippen molar-refractivity contribution < 1.29 is 19.4 Å². The highest BCUT2D eigenvalue weighted by atomic mass is 35.5. The van der Waals surface area contributed by atoms with Crippen LogP contribution in [0.5, 0.6) is 17.2 Å². The van der Waals surface area contributed by atoms with Crippen LogP contribution < -0.4 is 14.8 Å². The van der Waals surface area contributed by atoms with Crippen LogP contribution in [0.25, 0.3) is 28.1 Å². The van der Waals surface area contributed by atoms with Gasteiger partial charge in [0.25, 0.3) is 0 Å². The van der Waals surface area contributed by atoms with E-state index in [2.05, 4.69) is 16.4 Å². The number of carbonyl (C=O) groups is 1. The first-order valence-electron chi connectivity index (χ1n) is 10.9. The average molecular weight is 489 g/mol. The lowest BCUT2D eigenvalue weighted by atomic mass is 9.96. The fourth-order valence-electron chi connectivity index (χ4n) is 3.86. The van der Waals surface area contributed by atoms with Gasteiger partial charge in [-0.3, -0.25) is 9.78 Å². The molecular formula is C28H25ClN2O4. The zero-order valence-electron chi connectivity index (χ0n) is 19.8. The number of benzene rings is 3. The lowest BCUT2D eigenvalue weighted by Crippen LogP contribution is -2.09. The number of nitrogens with one attached hydrogen (secondary N) is 1. The molecule has 0 unspecified atom stereocenters. The van der Waals surface area contributed by atoms with Gasteiger partial charge in [-0.05, 0) is 66.9 Å². The second-order valence-electron chi connectivity index (χ2n) is 8.08. The number of aryl methyl sites for hydroxylation is 2. The molecule has 0 bridgehead atoms. The van der Waals surface area contributed by atoms with E-state index < -0.39 is 0 Å². The fraction of sp³-hybridized carbons (Fsp3) is 0.143. The van der Waals surface area contributed by atoms with Crippen LogP contribution in [0.1, 0.15) is 16.7 Å². The number of phenols is 1. The van der Waals surface area contributed by atoms with Gasteiger partial charge in [-0.2, -0.15) is 0 Å². The second kappa shape index (κ2) is 10.1. The Labute approximate surface area is 208 Å². The van der Waals surface area contributed by atoms with E-state index in [9.17, 15) is 9.90 Å². The van der Waals surface area contributed by atoms with Crippen LogP contribution in [-0.4, -0.2) is 30.2 Å². The first kappa shape index (κ1) is 24.1. The number of fused-ring (bicyclic) bond motifs is 1. The molecule has 2 N–H and O–H groups in total. The number of aromatic nitrogens is 1. The first-order chi connectivity index (χ1) is 16.8. The molecule has 3 aromatic carbocycles. The third kappa shape index (κ3) is 4.93. The Kier molecular flexibility index (Phi) is 6.94. The molecule has 1 amide bonds. The predicted octanol–water partition coefficient (Wildman–Crippen LogP) is 6.55. The summed E-state index contributed by atoms with van der Waals surface area (Å²) in [6, 6.07) is 14.8. The number of hydrogen-bond acceptors (Lipinski definition) is 5. The van der Waals surface area contributed by atoms with E-state index in [1.165, 1.54) is 20.3 Å². The molecule has 0 aliphatic rings. The molecule has 0 radical (unpaired) electrons. The zero-order valence-corrected chi connectivity index (χ0v) is 20.6. The van der Waals surface area contributed by atoms with E-state index >= 15 is 0 Å².